The molecular formula is C34H39N3O4. The van der Waals surface area contributed by atoms with E-state index in [1.807, 2.05) is 78.9 Å². The van der Waals surface area contributed by atoms with Gasteiger partial charge in [-0.05, 0) is 72.3 Å². The van der Waals surface area contributed by atoms with Crippen molar-refractivity contribution in [3.05, 3.63) is 131 Å². The molecule has 0 fully saturated rings. The Morgan fingerprint density at radius 2 is 1.51 bits per heavy atom. The molecule has 4 aromatic carbocycles. The molecular weight excluding hydrogens is 514 g/mol. The molecule has 5 N–H and O–H groups in total. The molecule has 0 saturated carbocycles. The van der Waals surface area contributed by atoms with Crippen LogP contribution in [0.4, 0.5) is 10.5 Å². The molecule has 0 aliphatic rings. The number of anilines is 1. The van der Waals surface area contributed by atoms with Crippen LogP contribution in [-0.2, 0) is 26.1 Å². The number of aliphatic hydroxyl groups is 2. The van der Waals surface area contributed by atoms with Crippen molar-refractivity contribution in [1.82, 2.24) is 10.6 Å². The molecule has 41 heavy (non-hydrogen) atoms. The van der Waals surface area contributed by atoms with Gasteiger partial charge in [0.15, 0.2) is 0 Å². The van der Waals surface area contributed by atoms with Crippen LogP contribution < -0.4 is 20.7 Å². The van der Waals surface area contributed by atoms with Gasteiger partial charge in [0, 0.05) is 24.3 Å². The summed E-state index contributed by atoms with van der Waals surface area (Å²) < 4.78 is 5.88. The fourth-order valence-electron chi connectivity index (χ4n) is 4.51. The van der Waals surface area contributed by atoms with Gasteiger partial charge >= 0.3 is 6.03 Å². The number of carbonyl (C=O) groups excluding carboxylic acids is 1. The van der Waals surface area contributed by atoms with E-state index in [0.29, 0.717) is 37.6 Å². The van der Waals surface area contributed by atoms with Crippen LogP contribution >= 0.6 is 0 Å². The molecule has 0 saturated heterocycles. The highest BCUT2D eigenvalue weighted by molar-refractivity contribution is 5.89. The summed E-state index contributed by atoms with van der Waals surface area (Å²) in [6, 6.07) is 33.1. The number of urea groups is 1. The number of ether oxygens (including phenoxy) is 1. The molecule has 2 amide bonds. The van der Waals surface area contributed by atoms with Gasteiger partial charge in [0.05, 0.1) is 12.7 Å². The maximum absolute atomic E-state index is 12.3. The molecule has 0 aromatic heterocycles. The van der Waals surface area contributed by atoms with Gasteiger partial charge in [0.2, 0.25) is 0 Å². The summed E-state index contributed by atoms with van der Waals surface area (Å²) in [4.78, 5) is 12.3. The zero-order valence-corrected chi connectivity index (χ0v) is 23.3. The number of rotatable bonds is 15. The summed E-state index contributed by atoms with van der Waals surface area (Å²) in [5.41, 5.74) is 5.49. The fourth-order valence-corrected chi connectivity index (χ4v) is 4.51. The van der Waals surface area contributed by atoms with Gasteiger partial charge < -0.3 is 30.9 Å². The zero-order chi connectivity index (χ0) is 28.7. The summed E-state index contributed by atoms with van der Waals surface area (Å²) >= 11 is 0. The van der Waals surface area contributed by atoms with Gasteiger partial charge in [0.1, 0.15) is 12.4 Å². The summed E-state index contributed by atoms with van der Waals surface area (Å²) in [5.74, 6) is 0.606. The number of hydrogen-bond acceptors (Lipinski definition) is 5. The Morgan fingerprint density at radius 3 is 2.27 bits per heavy atom. The number of amides is 2. The van der Waals surface area contributed by atoms with Crippen LogP contribution in [0.15, 0.2) is 103 Å². The van der Waals surface area contributed by atoms with Crippen molar-refractivity contribution in [3.63, 3.8) is 0 Å². The Kier molecular flexibility index (Phi) is 11.8. The first kappa shape index (κ1) is 29.8. The normalized spacial score (nSPS) is 11.6. The first-order valence-corrected chi connectivity index (χ1v) is 14.1. The van der Waals surface area contributed by atoms with E-state index < -0.39 is 6.10 Å². The van der Waals surface area contributed by atoms with Crippen molar-refractivity contribution in [2.75, 3.05) is 25.0 Å². The number of hydrogen-bond donors (Lipinski definition) is 5. The molecule has 0 radical (unpaired) electrons. The van der Waals surface area contributed by atoms with E-state index in [1.165, 1.54) is 5.56 Å². The predicted molar refractivity (Wildman–Crippen MR) is 163 cm³/mol. The lowest BCUT2D eigenvalue weighted by Gasteiger charge is -2.16. The average molecular weight is 554 g/mol. The zero-order valence-electron chi connectivity index (χ0n) is 23.3. The molecule has 7 heteroatoms. The van der Waals surface area contributed by atoms with E-state index in [-0.39, 0.29) is 12.6 Å². The number of carbonyl (C=O) groups is 1. The highest BCUT2D eigenvalue weighted by Gasteiger charge is 2.12. The van der Waals surface area contributed by atoms with Gasteiger partial charge in [-0.25, -0.2) is 4.79 Å². The van der Waals surface area contributed by atoms with E-state index in [2.05, 4.69) is 28.1 Å². The second kappa shape index (κ2) is 16.2. The first-order valence-electron chi connectivity index (χ1n) is 14.1. The van der Waals surface area contributed by atoms with Gasteiger partial charge in [-0.3, -0.25) is 0 Å². The van der Waals surface area contributed by atoms with Crippen LogP contribution in [0.3, 0.4) is 0 Å². The Hall–Kier alpha value is -4.17. The molecule has 0 bridgehead atoms. The Balaban J connectivity index is 1.16. The Bertz CT molecular complexity index is 1350. The molecule has 4 rings (SSSR count). The fraction of sp³-hybridized carbons (Fsp3) is 0.265. The highest BCUT2D eigenvalue weighted by Crippen LogP contribution is 2.24. The molecule has 0 heterocycles. The minimum Gasteiger partial charge on any atom is -0.489 e. The molecule has 0 unspecified atom stereocenters. The minimum absolute atomic E-state index is 0.172. The summed E-state index contributed by atoms with van der Waals surface area (Å²) in [6.07, 6.45) is 1.83. The van der Waals surface area contributed by atoms with Crippen molar-refractivity contribution >= 4 is 11.7 Å². The molecule has 0 aliphatic heterocycles. The third-order valence-electron chi connectivity index (χ3n) is 6.76. The van der Waals surface area contributed by atoms with E-state index in [1.54, 1.807) is 12.1 Å². The van der Waals surface area contributed by atoms with E-state index in [0.717, 1.165) is 41.6 Å². The smallest absolute Gasteiger partial charge is 0.319 e. The quantitative estimate of drug-likeness (QED) is 0.127. The monoisotopic (exact) mass is 553 g/mol. The maximum atomic E-state index is 12.3. The number of nitrogens with one attached hydrogen (secondary N) is 3. The van der Waals surface area contributed by atoms with E-state index >= 15 is 0 Å². The Morgan fingerprint density at radius 1 is 0.780 bits per heavy atom. The van der Waals surface area contributed by atoms with Crippen molar-refractivity contribution in [3.8, 4) is 5.75 Å². The van der Waals surface area contributed by atoms with E-state index in [4.69, 9.17) is 4.74 Å². The maximum Gasteiger partial charge on any atom is 0.319 e. The second-order valence-electron chi connectivity index (χ2n) is 9.94. The van der Waals surface area contributed by atoms with Crippen LogP contribution in [-0.4, -0.2) is 35.9 Å². The molecule has 7 nitrogen and oxygen atoms in total. The number of benzene rings is 4. The summed E-state index contributed by atoms with van der Waals surface area (Å²) in [5, 5.41) is 29.6. The standard InChI is InChI=1S/C34H39N3O4/c38-24-30-22-29(16-17-33(30)41-25-28-11-5-2-6-12-28)32(39)23-35-20-18-27-13-7-15-31(21-27)37-34(40)36-19-8-14-26-9-3-1-4-10-26/h1-7,9-13,15-17,21-22,32,35,38-39H,8,14,18-20,23-25H2,(H2,36,37,40)/t32-/m0/s1. The van der Waals surface area contributed by atoms with Crippen LogP contribution in [0.5, 0.6) is 5.75 Å². The van der Waals surface area contributed by atoms with Crippen LogP contribution in [0.25, 0.3) is 0 Å². The van der Waals surface area contributed by atoms with Crippen molar-refractivity contribution in [2.24, 2.45) is 0 Å². The summed E-state index contributed by atoms with van der Waals surface area (Å²) in [6.45, 7) is 1.88. The van der Waals surface area contributed by atoms with Crippen molar-refractivity contribution in [2.45, 2.75) is 38.6 Å². The van der Waals surface area contributed by atoms with Crippen LogP contribution in [0, 0.1) is 0 Å². The van der Waals surface area contributed by atoms with Gasteiger partial charge in [0.25, 0.3) is 0 Å². The van der Waals surface area contributed by atoms with E-state index in [9.17, 15) is 15.0 Å². The third-order valence-corrected chi connectivity index (χ3v) is 6.76. The van der Waals surface area contributed by atoms with Crippen molar-refractivity contribution in [1.29, 1.82) is 0 Å². The van der Waals surface area contributed by atoms with Crippen molar-refractivity contribution < 1.29 is 19.7 Å². The molecule has 214 valence electrons. The molecule has 1 atom stereocenters. The molecule has 0 spiro atoms. The third kappa shape index (κ3) is 10.1. The van der Waals surface area contributed by atoms with Gasteiger partial charge in [-0.2, -0.15) is 0 Å². The number of aliphatic hydroxyl groups excluding tert-OH is 2. The average Bonchev–Trinajstić information content (AvgIpc) is 3.01. The predicted octanol–water partition coefficient (Wildman–Crippen LogP) is 5.38. The lowest BCUT2D eigenvalue weighted by Crippen LogP contribution is -2.29. The first-order chi connectivity index (χ1) is 20.1. The van der Waals surface area contributed by atoms with Gasteiger partial charge in [-0.15, -0.1) is 0 Å². The molecule has 0 aliphatic carbocycles. The van der Waals surface area contributed by atoms with Crippen LogP contribution in [0.2, 0.25) is 0 Å². The topological polar surface area (TPSA) is 103 Å². The lowest BCUT2D eigenvalue weighted by atomic mass is 10.0. The highest BCUT2D eigenvalue weighted by atomic mass is 16.5. The number of aryl methyl sites for hydroxylation is 1. The minimum atomic E-state index is -0.720. The van der Waals surface area contributed by atoms with Gasteiger partial charge in [-0.1, -0.05) is 78.9 Å². The largest absolute Gasteiger partial charge is 0.489 e. The Labute approximate surface area is 242 Å². The molecule has 4 aromatic rings. The second-order valence-corrected chi connectivity index (χ2v) is 9.94. The lowest BCUT2D eigenvalue weighted by molar-refractivity contribution is 0.174. The van der Waals surface area contributed by atoms with Crippen LogP contribution in [0.1, 0.15) is 40.3 Å². The summed E-state index contributed by atoms with van der Waals surface area (Å²) in [7, 11) is 0. The SMILES string of the molecule is O=C(NCCCc1ccccc1)Nc1cccc(CCNC[C@H](O)c2ccc(OCc3ccccc3)c(CO)c2)c1.